The molecule has 9 nitrogen and oxygen atoms in total. The zero-order valence-electron chi connectivity index (χ0n) is 16.2. The number of rotatable bonds is 6. The number of nitrogens with one attached hydrogen (secondary N) is 3. The molecule has 0 aliphatic carbocycles. The Kier molecular flexibility index (Phi) is 5.85. The lowest BCUT2D eigenvalue weighted by Crippen LogP contribution is -2.18. The van der Waals surface area contributed by atoms with E-state index in [4.69, 9.17) is 11.0 Å². The Balaban J connectivity index is 1.64. The molecule has 29 heavy (non-hydrogen) atoms. The molecule has 0 atom stereocenters. The highest BCUT2D eigenvalue weighted by atomic mass is 16.1. The van der Waals surface area contributed by atoms with Gasteiger partial charge in [-0.1, -0.05) is 0 Å². The van der Waals surface area contributed by atoms with Crippen LogP contribution in [0.5, 0.6) is 0 Å². The summed E-state index contributed by atoms with van der Waals surface area (Å²) in [5.74, 6) is 0.981. The lowest BCUT2D eigenvalue weighted by Gasteiger charge is -2.11. The van der Waals surface area contributed by atoms with Crippen LogP contribution in [0.3, 0.4) is 0 Å². The molecular formula is C20H21N7O2. The van der Waals surface area contributed by atoms with E-state index in [1.54, 1.807) is 26.0 Å². The van der Waals surface area contributed by atoms with Crippen LogP contribution in [0.4, 0.5) is 5.69 Å². The lowest BCUT2D eigenvalue weighted by atomic mass is 9.99. The van der Waals surface area contributed by atoms with Gasteiger partial charge in [-0.15, -0.1) is 0 Å². The number of aryl methyl sites for hydroxylation is 1. The van der Waals surface area contributed by atoms with Gasteiger partial charge in [-0.25, -0.2) is 4.98 Å². The van der Waals surface area contributed by atoms with Crippen molar-refractivity contribution in [1.29, 1.82) is 5.26 Å². The number of hydrogen-bond donors (Lipinski definition) is 4. The summed E-state index contributed by atoms with van der Waals surface area (Å²) < 4.78 is 0. The van der Waals surface area contributed by atoms with E-state index in [1.165, 1.54) is 0 Å². The maximum absolute atomic E-state index is 12.3. The fourth-order valence-corrected chi connectivity index (χ4v) is 3.10. The van der Waals surface area contributed by atoms with Crippen LogP contribution in [0.1, 0.15) is 34.6 Å². The Morgan fingerprint density at radius 2 is 2.00 bits per heavy atom. The van der Waals surface area contributed by atoms with Crippen LogP contribution in [0, 0.1) is 25.2 Å². The van der Waals surface area contributed by atoms with Gasteiger partial charge in [0.2, 0.25) is 5.91 Å². The number of nitrogens with zero attached hydrogens (tertiary/aromatic N) is 3. The van der Waals surface area contributed by atoms with Gasteiger partial charge in [-0.3, -0.25) is 14.7 Å². The van der Waals surface area contributed by atoms with Gasteiger partial charge in [0.15, 0.2) is 5.82 Å². The number of pyridine rings is 1. The maximum Gasteiger partial charge on any atom is 0.266 e. The van der Waals surface area contributed by atoms with Gasteiger partial charge >= 0.3 is 0 Å². The van der Waals surface area contributed by atoms with Crippen LogP contribution in [0.15, 0.2) is 29.1 Å². The molecule has 148 valence electrons. The first kappa shape index (κ1) is 20.0. The maximum atomic E-state index is 12.3. The van der Waals surface area contributed by atoms with Crippen LogP contribution in [-0.4, -0.2) is 26.1 Å². The molecule has 1 amide bonds. The van der Waals surface area contributed by atoms with Crippen molar-refractivity contribution in [1.82, 2.24) is 20.2 Å². The van der Waals surface area contributed by atoms with Gasteiger partial charge in [0.25, 0.3) is 5.56 Å². The average Bonchev–Trinajstić information content (AvgIpc) is 3.17. The predicted molar refractivity (Wildman–Crippen MR) is 108 cm³/mol. The minimum atomic E-state index is -0.402. The fraction of sp³-hybridized carbons (Fsp3) is 0.250. The van der Waals surface area contributed by atoms with Crippen molar-refractivity contribution < 1.29 is 4.79 Å². The molecule has 0 saturated carbocycles. The highest BCUT2D eigenvalue weighted by molar-refractivity contribution is 5.91. The minimum absolute atomic E-state index is 0.0892. The first-order valence-corrected chi connectivity index (χ1v) is 9.07. The minimum Gasteiger partial charge on any atom is -0.326 e. The molecule has 0 fully saturated rings. The van der Waals surface area contributed by atoms with E-state index in [0.29, 0.717) is 35.0 Å². The van der Waals surface area contributed by atoms with Gasteiger partial charge in [-0.2, -0.15) is 10.4 Å². The number of aromatic nitrogens is 4. The van der Waals surface area contributed by atoms with Crippen LogP contribution >= 0.6 is 0 Å². The summed E-state index contributed by atoms with van der Waals surface area (Å²) >= 11 is 0. The number of H-pyrrole nitrogens is 2. The summed E-state index contributed by atoms with van der Waals surface area (Å²) in [7, 11) is 0. The van der Waals surface area contributed by atoms with Crippen molar-refractivity contribution in [3.8, 4) is 17.5 Å². The van der Waals surface area contributed by atoms with Gasteiger partial charge in [0.05, 0.1) is 6.54 Å². The zero-order valence-corrected chi connectivity index (χ0v) is 16.2. The molecule has 3 rings (SSSR count). The molecule has 1 aromatic carbocycles. The summed E-state index contributed by atoms with van der Waals surface area (Å²) in [6.07, 6.45) is 0.646. The van der Waals surface area contributed by atoms with Crippen molar-refractivity contribution in [2.45, 2.75) is 33.2 Å². The summed E-state index contributed by atoms with van der Waals surface area (Å²) in [6, 6.07) is 9.09. The second kappa shape index (κ2) is 8.50. The zero-order chi connectivity index (χ0) is 21.0. The molecule has 0 radical (unpaired) electrons. The molecule has 9 heteroatoms. The van der Waals surface area contributed by atoms with Crippen LogP contribution in [0.2, 0.25) is 0 Å². The van der Waals surface area contributed by atoms with Crippen LogP contribution < -0.4 is 16.6 Å². The third-order valence-corrected chi connectivity index (χ3v) is 4.67. The topological polar surface area (TPSA) is 153 Å². The van der Waals surface area contributed by atoms with Crippen molar-refractivity contribution >= 4 is 11.6 Å². The number of hydrogen-bond acceptors (Lipinski definition) is 6. The number of anilines is 1. The number of benzene rings is 1. The largest absolute Gasteiger partial charge is 0.326 e. The third-order valence-electron chi connectivity index (χ3n) is 4.67. The average molecular weight is 391 g/mol. The second-order valence-corrected chi connectivity index (χ2v) is 6.60. The first-order valence-electron chi connectivity index (χ1n) is 9.07. The highest BCUT2D eigenvalue weighted by Gasteiger charge is 2.13. The quantitative estimate of drug-likeness (QED) is 0.501. The molecule has 0 aliphatic rings. The van der Waals surface area contributed by atoms with Crippen LogP contribution in [-0.2, 0) is 17.8 Å². The number of nitrogens with two attached hydrogens (primary N) is 1. The van der Waals surface area contributed by atoms with Gasteiger partial charge in [0.1, 0.15) is 17.5 Å². The van der Waals surface area contributed by atoms with Crippen molar-refractivity contribution in [3.63, 3.8) is 0 Å². The number of carbonyl (C=O) groups excluding carboxylic acids is 1. The Morgan fingerprint density at radius 1 is 1.28 bits per heavy atom. The molecule has 0 unspecified atom stereocenters. The van der Waals surface area contributed by atoms with E-state index in [9.17, 15) is 9.59 Å². The first-order chi connectivity index (χ1) is 13.9. The summed E-state index contributed by atoms with van der Waals surface area (Å²) in [4.78, 5) is 31.1. The van der Waals surface area contributed by atoms with Crippen molar-refractivity contribution in [2.75, 3.05) is 5.32 Å². The molecule has 2 heterocycles. The van der Waals surface area contributed by atoms with Crippen LogP contribution in [0.25, 0.3) is 11.4 Å². The lowest BCUT2D eigenvalue weighted by molar-refractivity contribution is -0.116. The normalized spacial score (nSPS) is 10.6. The Hall–Kier alpha value is -3.77. The smallest absolute Gasteiger partial charge is 0.266 e. The van der Waals surface area contributed by atoms with Gasteiger partial charge in [0, 0.05) is 23.4 Å². The summed E-state index contributed by atoms with van der Waals surface area (Å²) in [5, 5.41) is 18.8. The van der Waals surface area contributed by atoms with E-state index in [1.807, 2.05) is 18.2 Å². The van der Waals surface area contributed by atoms with E-state index in [0.717, 1.165) is 11.1 Å². The number of aromatic amines is 2. The molecule has 0 bridgehead atoms. The summed E-state index contributed by atoms with van der Waals surface area (Å²) in [5.41, 5.74) is 8.77. The van der Waals surface area contributed by atoms with E-state index >= 15 is 0 Å². The number of carbonyl (C=O) groups is 1. The molecule has 5 N–H and O–H groups in total. The number of nitriles is 1. The predicted octanol–water partition coefficient (Wildman–Crippen LogP) is 1.68. The molecule has 0 aliphatic heterocycles. The highest BCUT2D eigenvalue weighted by Crippen LogP contribution is 2.19. The second-order valence-electron chi connectivity index (χ2n) is 6.60. The van der Waals surface area contributed by atoms with E-state index in [-0.39, 0.29) is 24.4 Å². The van der Waals surface area contributed by atoms with Gasteiger partial charge in [-0.05, 0) is 55.7 Å². The van der Waals surface area contributed by atoms with Crippen molar-refractivity contribution in [2.24, 2.45) is 5.73 Å². The Morgan fingerprint density at radius 3 is 2.62 bits per heavy atom. The number of amides is 1. The van der Waals surface area contributed by atoms with Crippen molar-refractivity contribution in [3.05, 3.63) is 62.8 Å². The molecular weight excluding hydrogens is 370 g/mol. The van der Waals surface area contributed by atoms with E-state index in [2.05, 4.69) is 25.5 Å². The van der Waals surface area contributed by atoms with E-state index < -0.39 is 5.56 Å². The summed E-state index contributed by atoms with van der Waals surface area (Å²) in [6.45, 7) is 3.78. The third kappa shape index (κ3) is 4.39. The Labute approximate surface area is 167 Å². The molecule has 0 saturated heterocycles. The molecule has 3 aromatic rings. The SMILES string of the molecule is Cc1[nH]c(=O)c(C#N)c(C)c1CCC(=O)Nc1ccc(-c2n[nH]c(CN)n2)cc1. The van der Waals surface area contributed by atoms with Gasteiger partial charge < -0.3 is 16.0 Å². The monoisotopic (exact) mass is 391 g/mol. The standard InChI is InChI=1S/C20H21N7O2/c1-11-15(12(2)23-20(29)16(11)9-21)7-8-18(28)24-14-5-3-13(4-6-14)19-25-17(10-22)26-27-19/h3-6H,7-8,10,22H2,1-2H3,(H,23,29)(H,24,28)(H,25,26,27). The Bertz CT molecular complexity index is 1140. The molecule has 0 spiro atoms. The fourth-order valence-electron chi connectivity index (χ4n) is 3.10. The molecule has 2 aromatic heterocycles.